The molecule has 1 atom stereocenters. The number of hydrogen-bond acceptors (Lipinski definition) is 4. The summed E-state index contributed by atoms with van der Waals surface area (Å²) in [5, 5.41) is 9.83. The van der Waals surface area contributed by atoms with E-state index in [1.807, 2.05) is 11.0 Å². The third kappa shape index (κ3) is 2.91. The molecular weight excluding hydrogens is 386 g/mol. The number of hydrogen-bond donors (Lipinski definition) is 0. The van der Waals surface area contributed by atoms with Crippen LogP contribution in [0.15, 0.2) is 71.8 Å². The first-order valence-corrected chi connectivity index (χ1v) is 11.0. The van der Waals surface area contributed by atoms with Gasteiger partial charge >= 0.3 is 0 Å². The first kappa shape index (κ1) is 18.4. The van der Waals surface area contributed by atoms with Gasteiger partial charge in [0, 0.05) is 44.8 Å². The standard InChI is InChI=1S/C26H25N3O2/c1-18(30)28-14-12-26(13-15-28)29-24(22-8-4-5-9-25(22)31-26)17-23(27-29)21-11-10-19-6-2-3-7-20(19)16-21/h2-11,16,24H,12-15,17H2,1H3/t24-/m0/s1. The molecule has 0 N–H and O–H groups in total. The van der Waals surface area contributed by atoms with Gasteiger partial charge in [0.1, 0.15) is 5.75 Å². The number of benzene rings is 3. The van der Waals surface area contributed by atoms with Gasteiger partial charge in [0.2, 0.25) is 11.6 Å². The van der Waals surface area contributed by atoms with Gasteiger partial charge in [0.05, 0.1) is 11.8 Å². The van der Waals surface area contributed by atoms with Gasteiger partial charge in [-0.2, -0.15) is 5.10 Å². The van der Waals surface area contributed by atoms with Crippen molar-refractivity contribution in [1.82, 2.24) is 9.91 Å². The third-order valence-corrected chi connectivity index (χ3v) is 6.98. The molecule has 1 saturated heterocycles. The smallest absolute Gasteiger partial charge is 0.219 e. The number of fused-ring (bicyclic) bond motifs is 5. The number of nitrogens with zero attached hydrogens (tertiary/aromatic N) is 3. The average molecular weight is 412 g/mol. The summed E-state index contributed by atoms with van der Waals surface area (Å²) < 4.78 is 6.64. The maximum Gasteiger partial charge on any atom is 0.219 e. The number of para-hydroxylation sites is 1. The zero-order valence-corrected chi connectivity index (χ0v) is 17.6. The van der Waals surface area contributed by atoms with Crippen LogP contribution in [0.3, 0.4) is 0 Å². The van der Waals surface area contributed by atoms with Crippen LogP contribution in [0.1, 0.15) is 43.4 Å². The van der Waals surface area contributed by atoms with Gasteiger partial charge in [-0.25, -0.2) is 5.01 Å². The SMILES string of the molecule is CC(=O)N1CCC2(CC1)Oc1ccccc1[C@@H]1CC(c3ccc4ccccc4c3)=NN12. The Balaban J connectivity index is 1.41. The molecule has 31 heavy (non-hydrogen) atoms. The molecule has 3 heterocycles. The summed E-state index contributed by atoms with van der Waals surface area (Å²) in [6, 6.07) is 23.5. The fourth-order valence-electron chi connectivity index (χ4n) is 5.27. The van der Waals surface area contributed by atoms with E-state index in [2.05, 4.69) is 65.7 Å². The number of ether oxygens (including phenoxy) is 1. The van der Waals surface area contributed by atoms with Crippen LogP contribution in [0.5, 0.6) is 5.75 Å². The molecule has 0 aromatic heterocycles. The number of piperidine rings is 1. The second kappa shape index (κ2) is 6.84. The van der Waals surface area contributed by atoms with Crippen LogP contribution in [0.25, 0.3) is 10.8 Å². The molecule has 0 aliphatic carbocycles. The molecule has 3 aromatic carbocycles. The maximum absolute atomic E-state index is 11.9. The van der Waals surface area contributed by atoms with Crippen molar-refractivity contribution in [3.05, 3.63) is 77.9 Å². The van der Waals surface area contributed by atoms with E-state index in [9.17, 15) is 4.79 Å². The molecule has 1 fully saturated rings. The molecule has 1 amide bonds. The van der Waals surface area contributed by atoms with E-state index in [1.165, 1.54) is 21.9 Å². The van der Waals surface area contributed by atoms with Crippen molar-refractivity contribution in [2.75, 3.05) is 13.1 Å². The summed E-state index contributed by atoms with van der Waals surface area (Å²) in [7, 11) is 0. The minimum Gasteiger partial charge on any atom is -0.466 e. The molecule has 5 nitrogen and oxygen atoms in total. The van der Waals surface area contributed by atoms with Crippen LogP contribution in [0.2, 0.25) is 0 Å². The fraction of sp³-hybridized carbons (Fsp3) is 0.308. The molecule has 3 aliphatic heterocycles. The van der Waals surface area contributed by atoms with Crippen molar-refractivity contribution in [3.63, 3.8) is 0 Å². The molecule has 3 aliphatic rings. The third-order valence-electron chi connectivity index (χ3n) is 6.98. The topological polar surface area (TPSA) is 45.1 Å². The monoisotopic (exact) mass is 411 g/mol. The van der Waals surface area contributed by atoms with Crippen LogP contribution < -0.4 is 4.74 Å². The second-order valence-electron chi connectivity index (χ2n) is 8.77. The lowest BCUT2D eigenvalue weighted by Gasteiger charge is -2.51. The zero-order valence-electron chi connectivity index (χ0n) is 17.6. The first-order valence-electron chi connectivity index (χ1n) is 11.0. The van der Waals surface area contributed by atoms with Crippen molar-refractivity contribution in [2.45, 2.75) is 38.0 Å². The zero-order chi connectivity index (χ0) is 21.0. The Labute approximate surface area is 181 Å². The van der Waals surface area contributed by atoms with Gasteiger partial charge in [-0.1, -0.05) is 54.6 Å². The molecule has 6 rings (SSSR count). The van der Waals surface area contributed by atoms with Crippen LogP contribution in [0, 0.1) is 0 Å². The molecule has 5 heteroatoms. The Morgan fingerprint density at radius 1 is 1.00 bits per heavy atom. The Morgan fingerprint density at radius 3 is 2.55 bits per heavy atom. The minimum atomic E-state index is -0.496. The number of likely N-dealkylation sites (tertiary alicyclic amines) is 1. The van der Waals surface area contributed by atoms with Crippen LogP contribution in [-0.4, -0.2) is 40.3 Å². The Hall–Kier alpha value is -3.34. The quantitative estimate of drug-likeness (QED) is 0.582. The van der Waals surface area contributed by atoms with Crippen molar-refractivity contribution in [2.24, 2.45) is 5.10 Å². The Morgan fingerprint density at radius 2 is 1.74 bits per heavy atom. The molecular formula is C26H25N3O2. The normalized spacial score (nSPS) is 21.5. The highest BCUT2D eigenvalue weighted by Gasteiger charge is 2.52. The van der Waals surface area contributed by atoms with Gasteiger partial charge in [0.25, 0.3) is 0 Å². The summed E-state index contributed by atoms with van der Waals surface area (Å²) in [5.41, 5.74) is 2.97. The highest BCUT2D eigenvalue weighted by atomic mass is 16.5. The van der Waals surface area contributed by atoms with Crippen molar-refractivity contribution < 1.29 is 9.53 Å². The number of hydrazone groups is 1. The van der Waals surface area contributed by atoms with Crippen LogP contribution in [-0.2, 0) is 4.79 Å². The molecule has 0 unspecified atom stereocenters. The number of amides is 1. The van der Waals surface area contributed by atoms with E-state index >= 15 is 0 Å². The second-order valence-corrected chi connectivity index (χ2v) is 8.77. The van der Waals surface area contributed by atoms with E-state index in [0.717, 1.165) is 30.7 Å². The van der Waals surface area contributed by atoms with Gasteiger partial charge in [0.15, 0.2) is 0 Å². The van der Waals surface area contributed by atoms with Crippen molar-refractivity contribution in [3.8, 4) is 5.75 Å². The number of carbonyl (C=O) groups excluding carboxylic acids is 1. The molecule has 3 aromatic rings. The van der Waals surface area contributed by atoms with Gasteiger partial charge in [-0.05, 0) is 28.5 Å². The first-order chi connectivity index (χ1) is 15.1. The molecule has 0 radical (unpaired) electrons. The lowest BCUT2D eigenvalue weighted by Crippen LogP contribution is -2.59. The highest BCUT2D eigenvalue weighted by molar-refractivity contribution is 6.04. The van der Waals surface area contributed by atoms with E-state index in [4.69, 9.17) is 9.84 Å². The summed E-state index contributed by atoms with van der Waals surface area (Å²) in [5.74, 6) is 1.08. The average Bonchev–Trinajstić information content (AvgIpc) is 3.26. The van der Waals surface area contributed by atoms with E-state index in [0.29, 0.717) is 13.1 Å². The van der Waals surface area contributed by atoms with Crippen molar-refractivity contribution >= 4 is 22.4 Å². The molecule has 0 bridgehead atoms. The number of rotatable bonds is 1. The summed E-state index contributed by atoms with van der Waals surface area (Å²) in [4.78, 5) is 13.8. The van der Waals surface area contributed by atoms with E-state index < -0.39 is 5.72 Å². The highest BCUT2D eigenvalue weighted by Crippen LogP contribution is 2.49. The molecule has 1 spiro atoms. The van der Waals surface area contributed by atoms with E-state index in [-0.39, 0.29) is 11.9 Å². The van der Waals surface area contributed by atoms with Crippen molar-refractivity contribution in [1.29, 1.82) is 0 Å². The summed E-state index contributed by atoms with van der Waals surface area (Å²) in [6.07, 6.45) is 2.37. The maximum atomic E-state index is 11.9. The molecule has 0 saturated carbocycles. The molecule has 156 valence electrons. The van der Waals surface area contributed by atoms with Gasteiger partial charge in [-0.3, -0.25) is 4.79 Å². The van der Waals surface area contributed by atoms with E-state index in [1.54, 1.807) is 6.92 Å². The summed E-state index contributed by atoms with van der Waals surface area (Å²) in [6.45, 7) is 3.03. The summed E-state index contributed by atoms with van der Waals surface area (Å²) >= 11 is 0. The Kier molecular flexibility index (Phi) is 4.07. The minimum absolute atomic E-state index is 0.129. The lowest BCUT2D eigenvalue weighted by molar-refractivity contribution is -0.158. The van der Waals surface area contributed by atoms with Crippen LogP contribution in [0.4, 0.5) is 0 Å². The lowest BCUT2D eigenvalue weighted by atomic mass is 9.90. The predicted molar refractivity (Wildman–Crippen MR) is 121 cm³/mol. The largest absolute Gasteiger partial charge is 0.466 e. The number of carbonyl (C=O) groups is 1. The fourth-order valence-corrected chi connectivity index (χ4v) is 5.27. The van der Waals surface area contributed by atoms with Gasteiger partial charge < -0.3 is 9.64 Å². The predicted octanol–water partition coefficient (Wildman–Crippen LogP) is 4.72. The van der Waals surface area contributed by atoms with Crippen LogP contribution >= 0.6 is 0 Å². The van der Waals surface area contributed by atoms with Gasteiger partial charge in [-0.15, -0.1) is 0 Å². The Bertz CT molecular complexity index is 1210.